The predicted octanol–water partition coefficient (Wildman–Crippen LogP) is 4.52. The van der Waals surface area contributed by atoms with Crippen LogP contribution in [0.15, 0.2) is 48.5 Å². The second-order valence-electron chi connectivity index (χ2n) is 6.28. The molecule has 0 saturated heterocycles. The molecule has 2 amide bonds. The van der Waals surface area contributed by atoms with Gasteiger partial charge in [0.25, 0.3) is 0 Å². The summed E-state index contributed by atoms with van der Waals surface area (Å²) in [5.41, 5.74) is -0.105. The number of ether oxygens (including phenoxy) is 1. The second-order valence-corrected chi connectivity index (χ2v) is 6.28. The Morgan fingerprint density at radius 2 is 1.93 bits per heavy atom. The molecule has 0 unspecified atom stereocenters. The molecule has 5 nitrogen and oxygen atoms in total. The van der Waals surface area contributed by atoms with Gasteiger partial charge in [-0.25, -0.2) is 4.79 Å². The van der Waals surface area contributed by atoms with Crippen LogP contribution in [-0.2, 0) is 12.7 Å². The first-order chi connectivity index (χ1) is 13.2. The molecular formula is C20H23F3N2O3. The third-order valence-electron chi connectivity index (χ3n) is 3.85. The number of carbonyl (C=O) groups is 1. The van der Waals surface area contributed by atoms with E-state index in [-0.39, 0.29) is 18.8 Å². The summed E-state index contributed by atoms with van der Waals surface area (Å²) in [6.45, 7) is 3.95. The molecule has 0 aliphatic rings. The van der Waals surface area contributed by atoms with E-state index in [0.29, 0.717) is 12.4 Å². The van der Waals surface area contributed by atoms with Crippen LogP contribution in [0.3, 0.4) is 0 Å². The fraction of sp³-hybridized carbons (Fsp3) is 0.350. The van der Waals surface area contributed by atoms with Crippen molar-refractivity contribution >= 4 is 11.7 Å². The molecule has 2 aromatic rings. The van der Waals surface area contributed by atoms with Crippen molar-refractivity contribution in [3.8, 4) is 5.75 Å². The lowest BCUT2D eigenvalue weighted by atomic mass is 10.1. The Labute approximate surface area is 161 Å². The van der Waals surface area contributed by atoms with Gasteiger partial charge in [-0.2, -0.15) is 13.2 Å². The molecule has 0 aliphatic heterocycles. The van der Waals surface area contributed by atoms with Crippen LogP contribution in [-0.4, -0.2) is 35.3 Å². The molecule has 0 bridgehead atoms. The van der Waals surface area contributed by atoms with E-state index in [9.17, 15) is 23.1 Å². The van der Waals surface area contributed by atoms with Gasteiger partial charge in [0.15, 0.2) is 0 Å². The van der Waals surface area contributed by atoms with Gasteiger partial charge in [-0.3, -0.25) is 0 Å². The number of carbonyl (C=O) groups excluding carboxylic acids is 1. The molecule has 0 fully saturated rings. The zero-order chi connectivity index (χ0) is 20.7. The minimum atomic E-state index is -4.50. The molecule has 2 N–H and O–H groups in total. The van der Waals surface area contributed by atoms with E-state index in [4.69, 9.17) is 4.74 Å². The summed E-state index contributed by atoms with van der Waals surface area (Å²) < 4.78 is 44.2. The number of para-hydroxylation sites is 1. The lowest BCUT2D eigenvalue weighted by Crippen LogP contribution is -2.39. The first-order valence-electron chi connectivity index (χ1n) is 8.82. The SMILES string of the molecule is CCOc1ccccc1CN(C[C@@H](C)O)C(=O)Nc1cccc(C(F)(F)F)c1. The standard InChI is InChI=1S/C20H23F3N2O3/c1-3-28-18-10-5-4-7-15(18)13-25(12-14(2)26)19(27)24-17-9-6-8-16(11-17)20(21,22)23/h4-11,14,26H,3,12-13H2,1-2H3,(H,24,27)/t14-/m1/s1. The summed E-state index contributed by atoms with van der Waals surface area (Å²) in [5.74, 6) is 0.604. The number of amides is 2. The van der Waals surface area contributed by atoms with E-state index >= 15 is 0 Å². The number of urea groups is 1. The monoisotopic (exact) mass is 396 g/mol. The van der Waals surface area contributed by atoms with Crippen LogP contribution in [0.1, 0.15) is 25.0 Å². The van der Waals surface area contributed by atoms with Gasteiger partial charge in [0, 0.05) is 17.8 Å². The Kier molecular flexibility index (Phi) is 7.28. The number of hydrogen-bond donors (Lipinski definition) is 2. The molecule has 0 heterocycles. The van der Waals surface area contributed by atoms with Crippen molar-refractivity contribution < 1.29 is 27.8 Å². The number of halogens is 3. The molecule has 0 aromatic heterocycles. The zero-order valence-electron chi connectivity index (χ0n) is 15.7. The third kappa shape index (κ3) is 6.16. The first kappa shape index (κ1) is 21.6. The molecule has 0 spiro atoms. The number of rotatable bonds is 7. The van der Waals surface area contributed by atoms with E-state index in [1.165, 1.54) is 24.0 Å². The number of aliphatic hydroxyl groups is 1. The van der Waals surface area contributed by atoms with Crippen LogP contribution in [0.4, 0.5) is 23.7 Å². The highest BCUT2D eigenvalue weighted by Gasteiger charge is 2.30. The molecule has 1 atom stereocenters. The van der Waals surface area contributed by atoms with Gasteiger partial charge >= 0.3 is 12.2 Å². The average molecular weight is 396 g/mol. The summed E-state index contributed by atoms with van der Waals surface area (Å²) in [5, 5.41) is 12.2. The highest BCUT2D eigenvalue weighted by Crippen LogP contribution is 2.30. The van der Waals surface area contributed by atoms with Crippen molar-refractivity contribution in [1.29, 1.82) is 0 Å². The van der Waals surface area contributed by atoms with E-state index in [0.717, 1.165) is 17.7 Å². The lowest BCUT2D eigenvalue weighted by molar-refractivity contribution is -0.137. The largest absolute Gasteiger partial charge is 0.494 e. The first-order valence-corrected chi connectivity index (χ1v) is 8.82. The third-order valence-corrected chi connectivity index (χ3v) is 3.85. The van der Waals surface area contributed by atoms with Crippen LogP contribution in [0.5, 0.6) is 5.75 Å². The Hall–Kier alpha value is -2.74. The van der Waals surface area contributed by atoms with Crippen LogP contribution in [0.2, 0.25) is 0 Å². The van der Waals surface area contributed by atoms with E-state index in [2.05, 4.69) is 5.32 Å². The van der Waals surface area contributed by atoms with Crippen molar-refractivity contribution in [2.24, 2.45) is 0 Å². The minimum Gasteiger partial charge on any atom is -0.494 e. The van der Waals surface area contributed by atoms with Crippen LogP contribution in [0.25, 0.3) is 0 Å². The molecule has 0 radical (unpaired) electrons. The molecule has 0 aliphatic carbocycles. The maximum absolute atomic E-state index is 12.9. The minimum absolute atomic E-state index is 0.00521. The smallest absolute Gasteiger partial charge is 0.416 e. The van der Waals surface area contributed by atoms with E-state index in [1.54, 1.807) is 24.3 Å². The lowest BCUT2D eigenvalue weighted by Gasteiger charge is -2.25. The molecule has 2 rings (SSSR count). The number of benzene rings is 2. The topological polar surface area (TPSA) is 61.8 Å². The second kappa shape index (κ2) is 9.45. The fourth-order valence-corrected chi connectivity index (χ4v) is 2.65. The van der Waals surface area contributed by atoms with Gasteiger partial charge in [-0.05, 0) is 38.1 Å². The van der Waals surface area contributed by atoms with Gasteiger partial charge in [0.1, 0.15) is 5.75 Å². The maximum Gasteiger partial charge on any atom is 0.416 e. The van der Waals surface area contributed by atoms with Crippen molar-refractivity contribution in [2.45, 2.75) is 32.7 Å². The van der Waals surface area contributed by atoms with Gasteiger partial charge in [0.2, 0.25) is 0 Å². The van der Waals surface area contributed by atoms with Crippen molar-refractivity contribution in [1.82, 2.24) is 4.90 Å². The number of hydrogen-bond acceptors (Lipinski definition) is 3. The van der Waals surface area contributed by atoms with Crippen LogP contribution >= 0.6 is 0 Å². The molecule has 0 saturated carbocycles. The summed E-state index contributed by atoms with van der Waals surface area (Å²) in [4.78, 5) is 14.0. The van der Waals surface area contributed by atoms with Gasteiger partial charge in [-0.15, -0.1) is 0 Å². The number of anilines is 1. The van der Waals surface area contributed by atoms with Crippen LogP contribution < -0.4 is 10.1 Å². The quantitative estimate of drug-likeness (QED) is 0.723. The highest BCUT2D eigenvalue weighted by atomic mass is 19.4. The number of nitrogens with one attached hydrogen (secondary N) is 1. The van der Waals surface area contributed by atoms with E-state index in [1.807, 2.05) is 6.92 Å². The van der Waals surface area contributed by atoms with Gasteiger partial charge in [0.05, 0.1) is 24.8 Å². The zero-order valence-corrected chi connectivity index (χ0v) is 15.7. The summed E-state index contributed by atoms with van der Waals surface area (Å²) in [7, 11) is 0. The normalized spacial score (nSPS) is 12.4. The Morgan fingerprint density at radius 3 is 2.57 bits per heavy atom. The van der Waals surface area contributed by atoms with Crippen LogP contribution in [0, 0.1) is 0 Å². The fourth-order valence-electron chi connectivity index (χ4n) is 2.65. The summed E-state index contributed by atoms with van der Waals surface area (Å²) in [6.07, 6.45) is -5.32. The van der Waals surface area contributed by atoms with Crippen molar-refractivity contribution in [3.05, 3.63) is 59.7 Å². The molecule has 28 heavy (non-hydrogen) atoms. The number of alkyl halides is 3. The molecule has 2 aromatic carbocycles. The molecule has 152 valence electrons. The van der Waals surface area contributed by atoms with Crippen molar-refractivity contribution in [2.75, 3.05) is 18.5 Å². The summed E-state index contributed by atoms with van der Waals surface area (Å²) in [6, 6.07) is 10.9. The van der Waals surface area contributed by atoms with E-state index < -0.39 is 23.9 Å². The molecular weight excluding hydrogens is 373 g/mol. The van der Waals surface area contributed by atoms with Gasteiger partial charge < -0.3 is 20.1 Å². The summed E-state index contributed by atoms with van der Waals surface area (Å²) >= 11 is 0. The highest BCUT2D eigenvalue weighted by molar-refractivity contribution is 5.89. The number of aliphatic hydroxyl groups excluding tert-OH is 1. The Bertz CT molecular complexity index is 794. The number of nitrogens with zero attached hydrogens (tertiary/aromatic N) is 1. The average Bonchev–Trinajstić information content (AvgIpc) is 2.62. The van der Waals surface area contributed by atoms with Crippen molar-refractivity contribution in [3.63, 3.8) is 0 Å². The maximum atomic E-state index is 12.9. The predicted molar refractivity (Wildman–Crippen MR) is 100 cm³/mol. The Balaban J connectivity index is 2.20. The van der Waals surface area contributed by atoms with Gasteiger partial charge in [-0.1, -0.05) is 24.3 Å². The Morgan fingerprint density at radius 1 is 1.21 bits per heavy atom. The molecule has 8 heteroatoms.